The molecule has 7 nitrogen and oxygen atoms in total. The highest BCUT2D eigenvalue weighted by atomic mass is 127. The van der Waals surface area contributed by atoms with Gasteiger partial charge >= 0.3 is 0 Å². The van der Waals surface area contributed by atoms with Gasteiger partial charge in [-0.15, -0.1) is 24.0 Å². The largest absolute Gasteiger partial charge is 0.443 e. The van der Waals surface area contributed by atoms with Gasteiger partial charge in [-0.1, -0.05) is 20.8 Å². The second-order valence-corrected chi connectivity index (χ2v) is 7.09. The number of likely N-dealkylation sites (tertiary alicyclic amines) is 1. The monoisotopic (exact) mass is 463 g/mol. The molecule has 0 spiro atoms. The highest BCUT2D eigenvalue weighted by Gasteiger charge is 2.19. The summed E-state index contributed by atoms with van der Waals surface area (Å²) in [6, 6.07) is 0. The minimum atomic E-state index is -0.0635. The predicted octanol–water partition coefficient (Wildman–Crippen LogP) is 2.27. The van der Waals surface area contributed by atoms with Crippen LogP contribution in [0.5, 0.6) is 0 Å². The number of halogens is 1. The van der Waals surface area contributed by atoms with Crippen molar-refractivity contribution in [3.8, 4) is 0 Å². The number of hydrogen-bond acceptors (Lipinski definition) is 4. The number of rotatable bonds is 4. The molecule has 2 rings (SSSR count). The molecule has 1 aliphatic heterocycles. The van der Waals surface area contributed by atoms with Crippen molar-refractivity contribution in [3.05, 3.63) is 17.8 Å². The molecule has 0 saturated carbocycles. The third-order valence-corrected chi connectivity index (χ3v) is 4.04. The number of nitrogens with one attached hydrogen (secondary N) is 2. The molecule has 0 aliphatic carbocycles. The maximum atomic E-state index is 12.2. The molecule has 1 aromatic rings. The summed E-state index contributed by atoms with van der Waals surface area (Å²) in [6.07, 6.45) is 5.16. The number of aromatic nitrogens is 1. The lowest BCUT2D eigenvalue weighted by Gasteiger charge is -2.27. The normalized spacial score (nSPS) is 15.5. The van der Waals surface area contributed by atoms with E-state index in [1.807, 2.05) is 4.90 Å². The molecule has 0 bridgehead atoms. The Kier molecular flexibility index (Phi) is 8.67. The third kappa shape index (κ3) is 6.83. The fraction of sp³-hybridized carbons (Fsp3) is 0.706. The highest BCUT2D eigenvalue weighted by molar-refractivity contribution is 14.0. The van der Waals surface area contributed by atoms with E-state index < -0.39 is 0 Å². The van der Waals surface area contributed by atoms with Crippen molar-refractivity contribution in [1.29, 1.82) is 0 Å². The molecular weight excluding hydrogens is 433 g/mol. The maximum Gasteiger partial charge on any atom is 0.241 e. The van der Waals surface area contributed by atoms with Crippen LogP contribution in [0.1, 0.15) is 51.7 Å². The Balaban J connectivity index is 0.00000312. The van der Waals surface area contributed by atoms with Gasteiger partial charge in [0.25, 0.3) is 0 Å². The fourth-order valence-corrected chi connectivity index (χ4v) is 2.53. The number of guanidine groups is 1. The summed E-state index contributed by atoms with van der Waals surface area (Å²) >= 11 is 0. The van der Waals surface area contributed by atoms with Crippen molar-refractivity contribution in [2.24, 2.45) is 4.99 Å². The lowest BCUT2D eigenvalue weighted by atomic mass is 9.94. The first-order valence-electron chi connectivity index (χ1n) is 8.57. The first-order valence-corrected chi connectivity index (χ1v) is 8.57. The third-order valence-electron chi connectivity index (χ3n) is 4.04. The Morgan fingerprint density at radius 1 is 1.28 bits per heavy atom. The van der Waals surface area contributed by atoms with Crippen molar-refractivity contribution < 1.29 is 9.21 Å². The van der Waals surface area contributed by atoms with E-state index in [1.54, 1.807) is 13.2 Å². The quantitative estimate of drug-likeness (QED) is 0.407. The predicted molar refractivity (Wildman–Crippen MR) is 109 cm³/mol. The topological polar surface area (TPSA) is 82.8 Å². The van der Waals surface area contributed by atoms with E-state index in [9.17, 15) is 4.79 Å². The first kappa shape index (κ1) is 21.7. The van der Waals surface area contributed by atoms with Gasteiger partial charge in [0.15, 0.2) is 5.96 Å². The summed E-state index contributed by atoms with van der Waals surface area (Å²) in [4.78, 5) is 22.5. The van der Waals surface area contributed by atoms with E-state index in [4.69, 9.17) is 4.42 Å². The zero-order valence-electron chi connectivity index (χ0n) is 15.6. The van der Waals surface area contributed by atoms with Gasteiger partial charge < -0.3 is 20.0 Å². The number of amides is 1. The number of nitrogens with zero attached hydrogens (tertiary/aromatic N) is 3. The summed E-state index contributed by atoms with van der Waals surface area (Å²) in [5, 5.41) is 6.17. The average Bonchev–Trinajstić information content (AvgIpc) is 3.05. The molecule has 25 heavy (non-hydrogen) atoms. The van der Waals surface area contributed by atoms with Crippen molar-refractivity contribution >= 4 is 35.8 Å². The van der Waals surface area contributed by atoms with Crippen LogP contribution in [-0.4, -0.2) is 48.4 Å². The Morgan fingerprint density at radius 3 is 2.52 bits per heavy atom. The van der Waals surface area contributed by atoms with Gasteiger partial charge in [0.2, 0.25) is 11.8 Å². The highest BCUT2D eigenvalue weighted by Crippen LogP contribution is 2.22. The Bertz CT molecular complexity index is 574. The van der Waals surface area contributed by atoms with Crippen molar-refractivity contribution in [3.63, 3.8) is 0 Å². The van der Waals surface area contributed by atoms with Crippen LogP contribution < -0.4 is 10.6 Å². The molecule has 0 aromatic carbocycles. The second kappa shape index (κ2) is 9.98. The van der Waals surface area contributed by atoms with E-state index >= 15 is 0 Å². The van der Waals surface area contributed by atoms with Crippen LogP contribution in [0.3, 0.4) is 0 Å². The fourth-order valence-electron chi connectivity index (χ4n) is 2.53. The van der Waals surface area contributed by atoms with Gasteiger partial charge in [-0.3, -0.25) is 9.79 Å². The van der Waals surface area contributed by atoms with Gasteiger partial charge in [0.1, 0.15) is 5.76 Å². The van der Waals surface area contributed by atoms with Crippen LogP contribution in [0.4, 0.5) is 0 Å². The smallest absolute Gasteiger partial charge is 0.241 e. The molecule has 1 fully saturated rings. The van der Waals surface area contributed by atoms with E-state index in [2.05, 4.69) is 41.4 Å². The van der Waals surface area contributed by atoms with Crippen molar-refractivity contribution in [2.45, 2.75) is 52.0 Å². The Hall–Kier alpha value is -1.32. The zero-order chi connectivity index (χ0) is 17.6. The summed E-state index contributed by atoms with van der Waals surface area (Å²) in [6.45, 7) is 8.63. The first-order chi connectivity index (χ1) is 11.4. The zero-order valence-corrected chi connectivity index (χ0v) is 17.9. The molecule has 0 radical (unpaired) electrons. The van der Waals surface area contributed by atoms with Crippen LogP contribution in [-0.2, 0) is 16.8 Å². The minimum Gasteiger partial charge on any atom is -0.443 e. The molecule has 0 unspecified atom stereocenters. The molecule has 1 saturated heterocycles. The molecule has 1 aliphatic rings. The Labute approximate surface area is 167 Å². The lowest BCUT2D eigenvalue weighted by Crippen LogP contribution is -2.45. The molecule has 2 N–H and O–H groups in total. The van der Waals surface area contributed by atoms with E-state index in [0.29, 0.717) is 18.4 Å². The van der Waals surface area contributed by atoms with Crippen LogP contribution >= 0.6 is 24.0 Å². The van der Waals surface area contributed by atoms with Crippen molar-refractivity contribution in [1.82, 2.24) is 20.5 Å². The molecule has 1 amide bonds. The van der Waals surface area contributed by atoms with Crippen LogP contribution in [0.2, 0.25) is 0 Å². The van der Waals surface area contributed by atoms with Crippen LogP contribution in [0, 0.1) is 0 Å². The van der Waals surface area contributed by atoms with E-state index in [1.165, 1.54) is 6.42 Å². The van der Waals surface area contributed by atoms with Crippen LogP contribution in [0.25, 0.3) is 0 Å². The standard InChI is InChI=1S/C17H29N5O2.HI/c1-17(2,3)13-10-19-14(24-13)11-20-16(18-4)21-12-15(23)22-8-6-5-7-9-22;/h10H,5-9,11-12H2,1-4H3,(H2,18,20,21);1H. The van der Waals surface area contributed by atoms with Gasteiger partial charge in [0, 0.05) is 25.6 Å². The van der Waals surface area contributed by atoms with E-state index in [-0.39, 0.29) is 41.8 Å². The number of carbonyl (C=O) groups is 1. The molecule has 0 atom stereocenters. The SMILES string of the molecule is CN=C(NCC(=O)N1CCCCC1)NCc1ncc(C(C)(C)C)o1.I. The number of piperidine rings is 1. The number of aliphatic imine (C=N–C) groups is 1. The number of oxazole rings is 1. The Morgan fingerprint density at radius 2 is 1.96 bits per heavy atom. The molecule has 142 valence electrons. The van der Waals surface area contributed by atoms with Gasteiger partial charge in [-0.05, 0) is 19.3 Å². The van der Waals surface area contributed by atoms with Gasteiger partial charge in [0.05, 0.1) is 19.3 Å². The average molecular weight is 463 g/mol. The van der Waals surface area contributed by atoms with Gasteiger partial charge in [-0.25, -0.2) is 4.98 Å². The molecule has 2 heterocycles. The number of carbonyl (C=O) groups excluding carboxylic acids is 1. The summed E-state index contributed by atoms with van der Waals surface area (Å²) in [5.74, 6) is 2.13. The molecular formula is C17H30IN5O2. The lowest BCUT2D eigenvalue weighted by molar-refractivity contribution is -0.130. The van der Waals surface area contributed by atoms with Crippen LogP contribution in [0.15, 0.2) is 15.6 Å². The van der Waals surface area contributed by atoms with E-state index in [0.717, 1.165) is 31.7 Å². The maximum absolute atomic E-state index is 12.2. The number of hydrogen-bond donors (Lipinski definition) is 2. The summed E-state index contributed by atoms with van der Waals surface area (Å²) in [5.41, 5.74) is -0.0635. The molecule has 8 heteroatoms. The summed E-state index contributed by atoms with van der Waals surface area (Å²) in [7, 11) is 1.68. The second-order valence-electron chi connectivity index (χ2n) is 7.09. The van der Waals surface area contributed by atoms with Crippen molar-refractivity contribution in [2.75, 3.05) is 26.7 Å². The molecule has 1 aromatic heterocycles. The minimum absolute atomic E-state index is 0. The summed E-state index contributed by atoms with van der Waals surface area (Å²) < 4.78 is 5.73. The van der Waals surface area contributed by atoms with Gasteiger partial charge in [-0.2, -0.15) is 0 Å².